The summed E-state index contributed by atoms with van der Waals surface area (Å²) >= 11 is 0. The minimum atomic E-state index is -0.369. The second kappa shape index (κ2) is 7.40. The molecule has 22 heavy (non-hydrogen) atoms. The molecular weight excluding hydrogens is 284 g/mol. The lowest BCUT2D eigenvalue weighted by atomic mass is 9.88. The predicted molar refractivity (Wildman–Crippen MR) is 80.9 cm³/mol. The normalized spacial score (nSPS) is 28.1. The maximum atomic E-state index is 11.8. The third-order valence-electron chi connectivity index (χ3n) is 4.09. The maximum Gasteiger partial charge on any atom is 0.334 e. The summed E-state index contributed by atoms with van der Waals surface area (Å²) in [6.07, 6.45) is 6.44. The molecule has 0 aromatic heterocycles. The summed E-state index contributed by atoms with van der Waals surface area (Å²) in [4.78, 5) is 22.8. The number of carbonyl (C=O) groups is 2. The van der Waals surface area contributed by atoms with E-state index < -0.39 is 0 Å². The molecule has 0 bridgehead atoms. The fourth-order valence-corrected chi connectivity index (χ4v) is 2.80. The van der Waals surface area contributed by atoms with E-state index in [4.69, 9.17) is 9.47 Å². The summed E-state index contributed by atoms with van der Waals surface area (Å²) in [7, 11) is 0. The zero-order valence-electron chi connectivity index (χ0n) is 12.8. The maximum absolute atomic E-state index is 11.8. The van der Waals surface area contributed by atoms with Gasteiger partial charge in [-0.1, -0.05) is 12.7 Å². The SMILES string of the molecule is C=C1C(=O)O[C@@H]2C=C(COC(C)=O)CC/C=C(\CO)CC[C@@H]12. The van der Waals surface area contributed by atoms with Crippen LogP contribution < -0.4 is 0 Å². The molecule has 1 N–H and O–H groups in total. The number of fused-ring (bicyclic) bond motifs is 1. The van der Waals surface area contributed by atoms with E-state index in [-0.39, 0.29) is 37.2 Å². The molecule has 0 saturated carbocycles. The van der Waals surface area contributed by atoms with Crippen LogP contribution in [-0.2, 0) is 19.1 Å². The summed E-state index contributed by atoms with van der Waals surface area (Å²) in [6, 6.07) is 0. The number of ether oxygens (including phenoxy) is 2. The van der Waals surface area contributed by atoms with Gasteiger partial charge in [-0.2, -0.15) is 0 Å². The fourth-order valence-electron chi connectivity index (χ4n) is 2.80. The van der Waals surface area contributed by atoms with Gasteiger partial charge in [-0.15, -0.1) is 0 Å². The van der Waals surface area contributed by atoms with Gasteiger partial charge < -0.3 is 14.6 Å². The molecule has 2 aliphatic rings. The number of carbonyl (C=O) groups excluding carboxylic acids is 2. The molecule has 1 saturated heterocycles. The summed E-state index contributed by atoms with van der Waals surface area (Å²) in [5.74, 6) is -0.798. The first-order valence-corrected chi connectivity index (χ1v) is 7.52. The molecule has 0 aromatic carbocycles. The standard InChI is InChI=1S/C17H22O5/c1-11-15-7-6-13(9-18)4-3-5-14(10-21-12(2)19)8-16(15)22-17(11)20/h4,8,15-16,18H,1,3,5-7,9-10H2,2H3/b13-4-,14-8?/t15-,16+/m0/s1. The van der Waals surface area contributed by atoms with Crippen molar-refractivity contribution in [2.24, 2.45) is 5.92 Å². The van der Waals surface area contributed by atoms with Crippen molar-refractivity contribution in [3.05, 3.63) is 35.5 Å². The third-order valence-corrected chi connectivity index (χ3v) is 4.09. The van der Waals surface area contributed by atoms with Crippen LogP contribution in [0, 0.1) is 5.92 Å². The van der Waals surface area contributed by atoms with Gasteiger partial charge in [0.25, 0.3) is 0 Å². The minimum Gasteiger partial charge on any atom is -0.461 e. The number of rotatable bonds is 3. The molecule has 0 spiro atoms. The number of hydrogen-bond donors (Lipinski definition) is 1. The second-order valence-electron chi connectivity index (χ2n) is 5.70. The monoisotopic (exact) mass is 306 g/mol. The van der Waals surface area contributed by atoms with Crippen molar-refractivity contribution in [1.29, 1.82) is 0 Å². The van der Waals surface area contributed by atoms with Gasteiger partial charge in [0.1, 0.15) is 12.7 Å². The first-order chi connectivity index (χ1) is 10.5. The predicted octanol–water partition coefficient (Wildman–Crippen LogP) is 2.07. The van der Waals surface area contributed by atoms with E-state index in [2.05, 4.69) is 6.58 Å². The summed E-state index contributed by atoms with van der Waals surface area (Å²) in [5, 5.41) is 9.40. The van der Waals surface area contributed by atoms with Gasteiger partial charge >= 0.3 is 11.9 Å². The summed E-state index contributed by atoms with van der Waals surface area (Å²) in [5.41, 5.74) is 2.36. The van der Waals surface area contributed by atoms with Gasteiger partial charge in [0.05, 0.1) is 6.61 Å². The van der Waals surface area contributed by atoms with Crippen molar-refractivity contribution < 1.29 is 24.2 Å². The Morgan fingerprint density at radius 2 is 2.23 bits per heavy atom. The minimum absolute atomic E-state index is 0.0155. The van der Waals surface area contributed by atoms with Gasteiger partial charge in [0.15, 0.2) is 0 Å². The van der Waals surface area contributed by atoms with Crippen molar-refractivity contribution in [3.8, 4) is 0 Å². The van der Waals surface area contributed by atoms with E-state index in [1.165, 1.54) is 6.92 Å². The highest BCUT2D eigenvalue weighted by atomic mass is 16.6. The van der Waals surface area contributed by atoms with Crippen LogP contribution in [0.1, 0.15) is 32.6 Å². The Bertz CT molecular complexity index is 529. The zero-order valence-corrected chi connectivity index (χ0v) is 12.8. The third kappa shape index (κ3) is 4.07. The topological polar surface area (TPSA) is 72.8 Å². The van der Waals surface area contributed by atoms with Gasteiger partial charge in [-0.25, -0.2) is 4.79 Å². The van der Waals surface area contributed by atoms with Crippen LogP contribution >= 0.6 is 0 Å². The first-order valence-electron chi connectivity index (χ1n) is 7.52. The highest BCUT2D eigenvalue weighted by Gasteiger charge is 2.37. The molecule has 1 aliphatic carbocycles. The van der Waals surface area contributed by atoms with Gasteiger partial charge in [0, 0.05) is 18.4 Å². The number of aliphatic hydroxyl groups excluding tert-OH is 1. The Morgan fingerprint density at radius 1 is 1.45 bits per heavy atom. The molecular formula is C17H22O5. The van der Waals surface area contributed by atoms with Crippen LogP contribution in [0.2, 0.25) is 0 Å². The smallest absolute Gasteiger partial charge is 0.334 e. The molecule has 120 valence electrons. The average molecular weight is 306 g/mol. The number of esters is 2. The molecule has 2 atom stereocenters. The van der Waals surface area contributed by atoms with E-state index in [0.717, 1.165) is 24.0 Å². The largest absolute Gasteiger partial charge is 0.461 e. The van der Waals surface area contributed by atoms with Gasteiger partial charge in [-0.05, 0) is 42.9 Å². The molecule has 0 amide bonds. The average Bonchev–Trinajstić information content (AvgIpc) is 2.75. The lowest BCUT2D eigenvalue weighted by Gasteiger charge is -2.19. The summed E-state index contributed by atoms with van der Waals surface area (Å²) in [6.45, 7) is 5.41. The molecule has 5 heteroatoms. The second-order valence-corrected chi connectivity index (χ2v) is 5.70. The Hall–Kier alpha value is -1.88. The van der Waals surface area contributed by atoms with Crippen molar-refractivity contribution in [1.82, 2.24) is 0 Å². The number of aliphatic hydroxyl groups is 1. The highest BCUT2D eigenvalue weighted by Crippen LogP contribution is 2.34. The van der Waals surface area contributed by atoms with E-state index in [1.54, 1.807) is 0 Å². The van der Waals surface area contributed by atoms with Gasteiger partial charge in [0.2, 0.25) is 0 Å². The van der Waals surface area contributed by atoms with E-state index in [9.17, 15) is 14.7 Å². The first kappa shape index (κ1) is 16.5. The molecule has 2 rings (SSSR count). The molecule has 0 aromatic rings. The van der Waals surface area contributed by atoms with Crippen LogP contribution in [0.4, 0.5) is 0 Å². The zero-order chi connectivity index (χ0) is 16.1. The molecule has 0 radical (unpaired) electrons. The quantitative estimate of drug-likeness (QED) is 0.491. The van der Waals surface area contributed by atoms with Crippen LogP contribution in [0.3, 0.4) is 0 Å². The fraction of sp³-hybridized carbons (Fsp3) is 0.529. The summed E-state index contributed by atoms with van der Waals surface area (Å²) < 4.78 is 10.4. The van der Waals surface area contributed by atoms with Crippen LogP contribution in [0.15, 0.2) is 35.5 Å². The molecule has 1 heterocycles. The van der Waals surface area contributed by atoms with Crippen molar-refractivity contribution in [3.63, 3.8) is 0 Å². The molecule has 1 fully saturated rings. The Kier molecular flexibility index (Phi) is 5.55. The lowest BCUT2D eigenvalue weighted by Crippen LogP contribution is -2.17. The van der Waals surface area contributed by atoms with Crippen LogP contribution in [0.5, 0.6) is 0 Å². The highest BCUT2D eigenvalue weighted by molar-refractivity contribution is 5.91. The van der Waals surface area contributed by atoms with Crippen LogP contribution in [-0.4, -0.2) is 36.4 Å². The molecule has 0 unspecified atom stereocenters. The number of allylic oxidation sites excluding steroid dienone is 1. The Morgan fingerprint density at radius 3 is 2.91 bits per heavy atom. The van der Waals surface area contributed by atoms with E-state index >= 15 is 0 Å². The van der Waals surface area contributed by atoms with E-state index in [1.807, 2.05) is 12.2 Å². The van der Waals surface area contributed by atoms with Crippen molar-refractivity contribution >= 4 is 11.9 Å². The van der Waals surface area contributed by atoms with Gasteiger partial charge in [-0.3, -0.25) is 4.79 Å². The Labute approximate surface area is 130 Å². The number of hydrogen-bond acceptors (Lipinski definition) is 5. The molecule has 5 nitrogen and oxygen atoms in total. The Balaban J connectivity index is 2.21. The van der Waals surface area contributed by atoms with Crippen molar-refractivity contribution in [2.75, 3.05) is 13.2 Å². The van der Waals surface area contributed by atoms with E-state index in [0.29, 0.717) is 18.4 Å². The molecule has 1 aliphatic heterocycles. The van der Waals surface area contributed by atoms with Crippen LogP contribution in [0.25, 0.3) is 0 Å². The lowest BCUT2D eigenvalue weighted by molar-refractivity contribution is -0.140. The van der Waals surface area contributed by atoms with Crippen molar-refractivity contribution in [2.45, 2.75) is 38.7 Å².